The summed E-state index contributed by atoms with van der Waals surface area (Å²) in [5.41, 5.74) is 4.41. The lowest BCUT2D eigenvalue weighted by Gasteiger charge is -2.31. The summed E-state index contributed by atoms with van der Waals surface area (Å²) >= 11 is 0. The minimum absolute atomic E-state index is 0.318. The van der Waals surface area contributed by atoms with Gasteiger partial charge in [-0.15, -0.1) is 0 Å². The van der Waals surface area contributed by atoms with E-state index in [1.807, 2.05) is 67.6 Å². The highest BCUT2D eigenvalue weighted by Crippen LogP contribution is 2.36. The van der Waals surface area contributed by atoms with Crippen molar-refractivity contribution in [1.29, 1.82) is 0 Å². The summed E-state index contributed by atoms with van der Waals surface area (Å²) < 4.78 is 5.40. The average Bonchev–Trinajstić information content (AvgIpc) is 2.93. The molecule has 0 spiro atoms. The normalized spacial score (nSPS) is 12.6. The second-order valence-electron chi connectivity index (χ2n) is 8.60. The number of pyridine rings is 1. The van der Waals surface area contributed by atoms with Crippen molar-refractivity contribution < 1.29 is 9.53 Å². The first-order valence-electron chi connectivity index (χ1n) is 12.4. The van der Waals surface area contributed by atoms with Crippen LogP contribution in [0.5, 0.6) is 0 Å². The number of aromatic nitrogens is 3. The molecule has 1 aliphatic heterocycles. The molecule has 1 N–H and O–H groups in total. The molecule has 2 aromatic heterocycles. The van der Waals surface area contributed by atoms with Crippen LogP contribution in [0.3, 0.4) is 0 Å². The number of benzene rings is 2. The number of carbonyl (C=O) groups excluding carboxylic acids is 1. The van der Waals surface area contributed by atoms with Crippen molar-refractivity contribution in [2.75, 3.05) is 29.9 Å². The number of fused-ring (bicyclic) bond motifs is 1. The Morgan fingerprint density at radius 2 is 1.81 bits per heavy atom. The van der Waals surface area contributed by atoms with E-state index in [0.29, 0.717) is 18.1 Å². The second-order valence-corrected chi connectivity index (χ2v) is 8.60. The summed E-state index contributed by atoms with van der Waals surface area (Å²) in [5.74, 6) is 1.75. The molecule has 36 heavy (non-hydrogen) atoms. The summed E-state index contributed by atoms with van der Waals surface area (Å²) in [7, 11) is 0. The molecule has 0 saturated carbocycles. The quantitative estimate of drug-likeness (QED) is 0.336. The van der Waals surface area contributed by atoms with Gasteiger partial charge in [-0.05, 0) is 43.9 Å². The molecule has 0 amide bonds. The van der Waals surface area contributed by atoms with Crippen LogP contribution in [0.4, 0.5) is 17.6 Å². The van der Waals surface area contributed by atoms with Crippen LogP contribution in [0, 0.1) is 0 Å². The fourth-order valence-corrected chi connectivity index (χ4v) is 4.47. The van der Waals surface area contributed by atoms with Crippen LogP contribution in [0.2, 0.25) is 0 Å². The van der Waals surface area contributed by atoms with Crippen LogP contribution in [0.15, 0.2) is 79.0 Å². The first kappa shape index (κ1) is 23.5. The minimum Gasteiger partial charge on any atom is -0.462 e. The van der Waals surface area contributed by atoms with E-state index in [2.05, 4.69) is 27.3 Å². The molecule has 0 fully saturated rings. The van der Waals surface area contributed by atoms with Crippen LogP contribution >= 0.6 is 0 Å². The molecule has 7 heteroatoms. The Balaban J connectivity index is 1.47. The molecule has 7 nitrogen and oxygen atoms in total. The van der Waals surface area contributed by atoms with Gasteiger partial charge in [0, 0.05) is 30.4 Å². The van der Waals surface area contributed by atoms with Crippen molar-refractivity contribution in [2.45, 2.75) is 26.2 Å². The maximum atomic E-state index is 12.9. The molecule has 5 rings (SSSR count). The second kappa shape index (κ2) is 11.0. The summed E-state index contributed by atoms with van der Waals surface area (Å²) in [6.07, 6.45) is 4.28. The van der Waals surface area contributed by atoms with E-state index in [1.54, 1.807) is 6.20 Å². The van der Waals surface area contributed by atoms with Gasteiger partial charge in [-0.3, -0.25) is 0 Å². The van der Waals surface area contributed by atoms with Crippen LogP contribution in [0.1, 0.15) is 34.8 Å². The zero-order valence-corrected chi connectivity index (χ0v) is 20.4. The first-order valence-corrected chi connectivity index (χ1v) is 12.4. The molecular weight excluding hydrogens is 450 g/mol. The van der Waals surface area contributed by atoms with Crippen molar-refractivity contribution in [2.24, 2.45) is 0 Å². The molecule has 4 aromatic rings. The van der Waals surface area contributed by atoms with Gasteiger partial charge in [-0.1, -0.05) is 60.7 Å². The molecule has 0 aliphatic carbocycles. The lowest BCUT2D eigenvalue weighted by atomic mass is 9.97. The van der Waals surface area contributed by atoms with Crippen molar-refractivity contribution in [3.8, 4) is 11.3 Å². The molecule has 3 heterocycles. The molecule has 0 radical (unpaired) electrons. The van der Waals surface area contributed by atoms with Gasteiger partial charge < -0.3 is 15.0 Å². The molecule has 2 aromatic carbocycles. The predicted octanol–water partition coefficient (Wildman–Crippen LogP) is 5.45. The Bertz CT molecular complexity index is 1330. The standard InChI is InChI=1S/C29H29N5O2/c1-2-36-28(35)24-20-25(22-12-7-4-8-13-22)32-27-23(24)14-9-19-34(27)26-16-18-31-29(33-26)30-17-15-21-10-5-3-6-11-21/h3-8,10-13,16,18,20H,2,9,14-15,17,19H2,1H3,(H,30,31,33). The van der Waals surface area contributed by atoms with Gasteiger partial charge in [0.2, 0.25) is 5.95 Å². The Kier molecular flexibility index (Phi) is 7.17. The van der Waals surface area contributed by atoms with E-state index in [4.69, 9.17) is 14.7 Å². The summed E-state index contributed by atoms with van der Waals surface area (Å²) in [6, 6.07) is 24.0. The van der Waals surface area contributed by atoms with Gasteiger partial charge in [0.25, 0.3) is 0 Å². The molecule has 0 unspecified atom stereocenters. The van der Waals surface area contributed by atoms with Gasteiger partial charge in [0.05, 0.1) is 17.9 Å². The SMILES string of the molecule is CCOC(=O)c1cc(-c2ccccc2)nc2c1CCCN2c1ccnc(NCCc2ccccc2)n1. The highest BCUT2D eigenvalue weighted by Gasteiger charge is 2.27. The smallest absolute Gasteiger partial charge is 0.338 e. The van der Waals surface area contributed by atoms with Crippen molar-refractivity contribution >= 4 is 23.6 Å². The van der Waals surface area contributed by atoms with Crippen LogP contribution in [-0.4, -0.2) is 40.6 Å². The fourth-order valence-electron chi connectivity index (χ4n) is 4.47. The van der Waals surface area contributed by atoms with Crippen LogP contribution < -0.4 is 10.2 Å². The summed E-state index contributed by atoms with van der Waals surface area (Å²) in [6.45, 7) is 3.63. The van der Waals surface area contributed by atoms with Gasteiger partial charge >= 0.3 is 5.97 Å². The Morgan fingerprint density at radius 3 is 2.58 bits per heavy atom. The number of hydrogen-bond donors (Lipinski definition) is 1. The number of anilines is 3. The topological polar surface area (TPSA) is 80.2 Å². The molecule has 0 saturated heterocycles. The van der Waals surface area contributed by atoms with E-state index >= 15 is 0 Å². The number of ether oxygens (including phenoxy) is 1. The molecule has 0 bridgehead atoms. The van der Waals surface area contributed by atoms with E-state index in [9.17, 15) is 4.79 Å². The highest BCUT2D eigenvalue weighted by atomic mass is 16.5. The van der Waals surface area contributed by atoms with E-state index < -0.39 is 0 Å². The van der Waals surface area contributed by atoms with Crippen molar-refractivity contribution in [3.05, 3.63) is 95.7 Å². The third-order valence-corrected chi connectivity index (χ3v) is 6.19. The zero-order chi connectivity index (χ0) is 24.7. The summed E-state index contributed by atoms with van der Waals surface area (Å²) in [5, 5.41) is 3.34. The minimum atomic E-state index is -0.318. The molecule has 1 aliphatic rings. The maximum absolute atomic E-state index is 12.9. The summed E-state index contributed by atoms with van der Waals surface area (Å²) in [4.78, 5) is 29.2. The molecular formula is C29H29N5O2. The van der Waals surface area contributed by atoms with E-state index in [0.717, 1.165) is 60.8 Å². The fraction of sp³-hybridized carbons (Fsp3) is 0.241. The Labute approximate surface area is 211 Å². The van der Waals surface area contributed by atoms with Gasteiger partial charge in [-0.2, -0.15) is 4.98 Å². The number of carbonyl (C=O) groups is 1. The van der Waals surface area contributed by atoms with Crippen LogP contribution in [0.25, 0.3) is 11.3 Å². The number of nitrogens with one attached hydrogen (secondary N) is 1. The Hall–Kier alpha value is -4.26. The number of esters is 1. The van der Waals surface area contributed by atoms with Gasteiger partial charge in [-0.25, -0.2) is 14.8 Å². The van der Waals surface area contributed by atoms with Crippen molar-refractivity contribution in [3.63, 3.8) is 0 Å². The largest absolute Gasteiger partial charge is 0.462 e. The molecule has 0 atom stereocenters. The van der Waals surface area contributed by atoms with Gasteiger partial charge in [0.1, 0.15) is 11.6 Å². The predicted molar refractivity (Wildman–Crippen MR) is 142 cm³/mol. The van der Waals surface area contributed by atoms with Crippen molar-refractivity contribution in [1.82, 2.24) is 15.0 Å². The maximum Gasteiger partial charge on any atom is 0.338 e. The van der Waals surface area contributed by atoms with Crippen LogP contribution in [-0.2, 0) is 17.6 Å². The number of rotatable bonds is 8. The number of hydrogen-bond acceptors (Lipinski definition) is 7. The lowest BCUT2D eigenvalue weighted by molar-refractivity contribution is 0.0525. The first-order chi connectivity index (χ1) is 17.7. The number of nitrogens with zero attached hydrogens (tertiary/aromatic N) is 4. The lowest BCUT2D eigenvalue weighted by Crippen LogP contribution is -2.28. The Morgan fingerprint density at radius 1 is 1.03 bits per heavy atom. The van der Waals surface area contributed by atoms with Gasteiger partial charge in [0.15, 0.2) is 0 Å². The molecule has 182 valence electrons. The highest BCUT2D eigenvalue weighted by molar-refractivity contribution is 5.94. The third kappa shape index (κ3) is 5.20. The third-order valence-electron chi connectivity index (χ3n) is 6.19. The van der Waals surface area contributed by atoms with E-state index in [1.165, 1.54) is 5.56 Å². The monoisotopic (exact) mass is 479 g/mol. The van der Waals surface area contributed by atoms with E-state index in [-0.39, 0.29) is 5.97 Å². The zero-order valence-electron chi connectivity index (χ0n) is 20.4. The average molecular weight is 480 g/mol.